The summed E-state index contributed by atoms with van der Waals surface area (Å²) in [5, 5.41) is 0. The van der Waals surface area contributed by atoms with E-state index in [0.717, 1.165) is 13.0 Å². The van der Waals surface area contributed by atoms with Gasteiger partial charge in [0, 0.05) is 19.6 Å². The summed E-state index contributed by atoms with van der Waals surface area (Å²) in [6.45, 7) is 2.34. The van der Waals surface area contributed by atoms with Crippen LogP contribution in [-0.2, 0) is 19.4 Å². The van der Waals surface area contributed by atoms with Gasteiger partial charge >= 0.3 is 5.97 Å². The molecule has 0 N–H and O–H groups in total. The van der Waals surface area contributed by atoms with Crippen LogP contribution in [0.25, 0.3) is 0 Å². The molecule has 0 amide bonds. The summed E-state index contributed by atoms with van der Waals surface area (Å²) in [5.74, 6) is 0.251. The van der Waals surface area contributed by atoms with Gasteiger partial charge in [0.05, 0.1) is 18.1 Å². The first-order valence-corrected chi connectivity index (χ1v) is 10.4. The fourth-order valence-electron chi connectivity index (χ4n) is 1.51. The highest BCUT2D eigenvalue weighted by atomic mass is 127. The van der Waals surface area contributed by atoms with Crippen LogP contribution in [0.3, 0.4) is 0 Å². The van der Waals surface area contributed by atoms with Crippen molar-refractivity contribution in [1.82, 2.24) is 4.90 Å². The van der Waals surface area contributed by atoms with Gasteiger partial charge in [-0.05, 0) is 74.2 Å². The molecule has 0 saturated carbocycles. The van der Waals surface area contributed by atoms with Gasteiger partial charge in [0.1, 0.15) is 0 Å². The summed E-state index contributed by atoms with van der Waals surface area (Å²) in [7, 11) is -2.81. The normalized spacial score (nSPS) is 20.6. The lowest BCUT2D eigenvalue weighted by Crippen LogP contribution is -2.41. The monoisotopic (exact) mass is 613 g/mol. The lowest BCUT2D eigenvalue weighted by atomic mass is 10.4. The number of ether oxygens (including phenoxy) is 1. The molecule has 1 fully saturated rings. The van der Waals surface area contributed by atoms with Crippen molar-refractivity contribution in [2.45, 2.75) is 5.86 Å². The average Bonchev–Trinajstić information content (AvgIpc) is 2.24. The summed E-state index contributed by atoms with van der Waals surface area (Å²) in [4.78, 5) is 13.6. The summed E-state index contributed by atoms with van der Waals surface area (Å²) >= 11 is 6.07. The average molecular weight is 613 g/mol. The van der Waals surface area contributed by atoms with E-state index in [0.29, 0.717) is 19.7 Å². The van der Waals surface area contributed by atoms with Gasteiger partial charge in [0.25, 0.3) is 0 Å². The first-order valence-electron chi connectivity index (χ1n) is 5.37. The van der Waals surface area contributed by atoms with Crippen molar-refractivity contribution in [3.8, 4) is 0 Å². The van der Waals surface area contributed by atoms with Gasteiger partial charge < -0.3 is 9.64 Å². The molecule has 18 heavy (non-hydrogen) atoms. The molecule has 0 aromatic rings. The molecule has 106 valence electrons. The van der Waals surface area contributed by atoms with E-state index in [-0.39, 0.29) is 17.5 Å². The Kier molecular flexibility index (Phi) is 7.38. The van der Waals surface area contributed by atoms with Crippen LogP contribution in [0.5, 0.6) is 0 Å². The van der Waals surface area contributed by atoms with E-state index in [2.05, 4.69) is 4.90 Å². The van der Waals surface area contributed by atoms with Gasteiger partial charge in [0.2, 0.25) is -0.565 Å². The molecule has 0 radical (unpaired) electrons. The van der Waals surface area contributed by atoms with Crippen molar-refractivity contribution < 1.29 is 17.9 Å². The number of halogens is 3. The minimum absolute atomic E-state index is 0.231. The van der Waals surface area contributed by atoms with Crippen molar-refractivity contribution >= 4 is 83.6 Å². The molecule has 1 rings (SSSR count). The maximum atomic E-state index is 11.5. The number of alkyl halides is 3. The standard InChI is InChI=1S/C9H14I3NO4S/c10-9(11,12)8(14)17-5-1-2-13-3-6-18(15,16)7-4-13/h1-7H2. The zero-order valence-electron chi connectivity index (χ0n) is 9.57. The Morgan fingerprint density at radius 2 is 1.78 bits per heavy atom. The third kappa shape index (κ3) is 6.83. The third-order valence-corrected chi connectivity index (χ3v) is 5.45. The fourth-order valence-corrected chi connectivity index (χ4v) is 3.25. The second-order valence-electron chi connectivity index (χ2n) is 3.98. The number of esters is 1. The van der Waals surface area contributed by atoms with E-state index < -0.39 is 9.27 Å². The van der Waals surface area contributed by atoms with Crippen LogP contribution in [0.4, 0.5) is 0 Å². The summed E-state index contributed by atoms with van der Waals surface area (Å²) in [6.07, 6.45) is 0.742. The van der Waals surface area contributed by atoms with Crippen LogP contribution in [0.15, 0.2) is 0 Å². The minimum Gasteiger partial charge on any atom is -0.463 e. The van der Waals surface area contributed by atoms with Crippen molar-refractivity contribution in [2.75, 3.05) is 37.7 Å². The summed E-state index contributed by atoms with van der Waals surface area (Å²) in [5.41, 5.74) is 0. The molecule has 0 bridgehead atoms. The van der Waals surface area contributed by atoms with Crippen LogP contribution in [0, 0.1) is 0 Å². The Morgan fingerprint density at radius 3 is 2.28 bits per heavy atom. The Hall–Kier alpha value is 1.57. The predicted octanol–water partition coefficient (Wildman–Crippen LogP) is 1.61. The highest BCUT2D eigenvalue weighted by Crippen LogP contribution is 2.36. The number of hydrogen-bond acceptors (Lipinski definition) is 5. The Morgan fingerprint density at radius 1 is 1.22 bits per heavy atom. The molecule has 1 saturated heterocycles. The van der Waals surface area contributed by atoms with Crippen LogP contribution in [0.1, 0.15) is 6.42 Å². The van der Waals surface area contributed by atoms with E-state index >= 15 is 0 Å². The Labute approximate surface area is 148 Å². The zero-order chi connectivity index (χ0) is 13.8. The number of sulfone groups is 1. The maximum Gasteiger partial charge on any atom is 0.342 e. The second kappa shape index (κ2) is 7.54. The topological polar surface area (TPSA) is 63.7 Å². The van der Waals surface area contributed by atoms with Crippen LogP contribution < -0.4 is 0 Å². The number of nitrogens with zero attached hydrogens (tertiary/aromatic N) is 1. The second-order valence-corrected chi connectivity index (χ2v) is 17.3. The quantitative estimate of drug-likeness (QED) is 0.204. The van der Waals surface area contributed by atoms with Gasteiger partial charge in [-0.3, -0.25) is 0 Å². The molecule has 0 spiro atoms. The smallest absolute Gasteiger partial charge is 0.342 e. The van der Waals surface area contributed by atoms with Gasteiger partial charge in [-0.25, -0.2) is 13.2 Å². The van der Waals surface area contributed by atoms with Crippen LogP contribution >= 0.6 is 67.8 Å². The SMILES string of the molecule is O=C(OCCCN1CCS(=O)(=O)CC1)C(I)(I)I. The van der Waals surface area contributed by atoms with Gasteiger partial charge in [0.15, 0.2) is 9.84 Å². The van der Waals surface area contributed by atoms with E-state index in [4.69, 9.17) is 4.74 Å². The molecule has 0 unspecified atom stereocenters. The van der Waals surface area contributed by atoms with E-state index in [1.165, 1.54) is 0 Å². The van der Waals surface area contributed by atoms with Crippen molar-refractivity contribution in [2.24, 2.45) is 0 Å². The highest BCUT2D eigenvalue weighted by molar-refractivity contribution is 14.3. The molecule has 0 aromatic heterocycles. The molecule has 5 nitrogen and oxygen atoms in total. The Bertz CT molecular complexity index is 379. The molecule has 0 aliphatic carbocycles. The number of carbonyl (C=O) groups is 1. The fraction of sp³-hybridized carbons (Fsp3) is 0.889. The minimum atomic E-state index is -2.81. The van der Waals surface area contributed by atoms with Crippen molar-refractivity contribution in [3.05, 3.63) is 0 Å². The molecular formula is C9H14I3NO4S. The molecular weight excluding hydrogens is 599 g/mol. The van der Waals surface area contributed by atoms with Crippen molar-refractivity contribution in [3.63, 3.8) is 0 Å². The Balaban J connectivity index is 2.15. The molecule has 0 aromatic carbocycles. The highest BCUT2D eigenvalue weighted by Gasteiger charge is 2.30. The van der Waals surface area contributed by atoms with Gasteiger partial charge in [-0.1, -0.05) is 0 Å². The molecule has 1 aliphatic heterocycles. The van der Waals surface area contributed by atoms with E-state index in [1.807, 2.05) is 67.8 Å². The maximum absolute atomic E-state index is 11.5. The van der Waals surface area contributed by atoms with E-state index in [9.17, 15) is 13.2 Å². The zero-order valence-corrected chi connectivity index (χ0v) is 16.9. The van der Waals surface area contributed by atoms with Gasteiger partial charge in [-0.2, -0.15) is 0 Å². The third-order valence-electron chi connectivity index (χ3n) is 2.52. The largest absolute Gasteiger partial charge is 0.463 e. The molecule has 0 atom stereocenters. The van der Waals surface area contributed by atoms with Crippen LogP contribution in [-0.4, -0.2) is 56.5 Å². The first-order chi connectivity index (χ1) is 8.21. The predicted molar refractivity (Wildman–Crippen MR) is 95.5 cm³/mol. The number of carbonyl (C=O) groups excluding carboxylic acids is 1. The van der Waals surface area contributed by atoms with Crippen molar-refractivity contribution in [1.29, 1.82) is 0 Å². The number of hydrogen-bond donors (Lipinski definition) is 0. The molecule has 1 heterocycles. The van der Waals surface area contributed by atoms with Crippen LogP contribution in [0.2, 0.25) is 0 Å². The lowest BCUT2D eigenvalue weighted by Gasteiger charge is -2.26. The number of rotatable bonds is 5. The van der Waals surface area contributed by atoms with Gasteiger partial charge in [-0.15, -0.1) is 0 Å². The van der Waals surface area contributed by atoms with E-state index in [1.54, 1.807) is 0 Å². The first kappa shape index (κ1) is 17.6. The summed E-state index contributed by atoms with van der Waals surface area (Å²) < 4.78 is 27.0. The molecule has 1 aliphatic rings. The molecule has 9 heteroatoms. The summed E-state index contributed by atoms with van der Waals surface area (Å²) in [6, 6.07) is 0. The lowest BCUT2D eigenvalue weighted by molar-refractivity contribution is -0.141.